The molecule has 1 aliphatic rings. The highest BCUT2D eigenvalue weighted by Gasteiger charge is 2.28. The van der Waals surface area contributed by atoms with Gasteiger partial charge in [-0.15, -0.1) is 5.10 Å². The molecular weight excluding hydrogens is 328 g/mol. The van der Waals surface area contributed by atoms with Crippen molar-refractivity contribution in [2.45, 2.75) is 19.1 Å². The monoisotopic (exact) mass is 348 g/mol. The van der Waals surface area contributed by atoms with E-state index in [1.807, 2.05) is 67.7 Å². The van der Waals surface area contributed by atoms with Gasteiger partial charge < -0.3 is 15.2 Å². The Morgan fingerprint density at radius 3 is 2.77 bits per heavy atom. The fraction of sp³-hybridized carbons (Fsp3) is 0.200. The molecule has 2 N–H and O–H groups in total. The van der Waals surface area contributed by atoms with E-state index in [-0.39, 0.29) is 0 Å². The van der Waals surface area contributed by atoms with Gasteiger partial charge in [0.05, 0.1) is 19.9 Å². The van der Waals surface area contributed by atoms with E-state index in [1.165, 1.54) is 0 Å². The minimum absolute atomic E-state index is 0.506. The van der Waals surface area contributed by atoms with Crippen molar-refractivity contribution in [2.75, 3.05) is 12.8 Å². The van der Waals surface area contributed by atoms with E-state index in [9.17, 15) is 0 Å². The highest BCUT2D eigenvalue weighted by atomic mass is 16.5. The van der Waals surface area contributed by atoms with Crippen LogP contribution in [0.25, 0.3) is 17.3 Å². The third kappa shape index (κ3) is 3.13. The average Bonchev–Trinajstić information content (AvgIpc) is 3.10. The van der Waals surface area contributed by atoms with E-state index in [2.05, 4.69) is 10.3 Å². The molecule has 6 nitrogen and oxygen atoms in total. The van der Waals surface area contributed by atoms with Crippen LogP contribution in [0.2, 0.25) is 0 Å². The molecule has 6 heteroatoms. The van der Waals surface area contributed by atoms with Crippen LogP contribution >= 0.6 is 0 Å². The second-order valence-electron chi connectivity index (χ2n) is 6.58. The minimum Gasteiger partial charge on any atom is -0.497 e. The lowest BCUT2D eigenvalue weighted by Crippen LogP contribution is -2.37. The molecule has 1 aromatic heterocycles. The maximum absolute atomic E-state index is 6.18. The maximum atomic E-state index is 6.18. The summed E-state index contributed by atoms with van der Waals surface area (Å²) in [5.74, 6) is 1.63. The van der Waals surface area contributed by atoms with Crippen molar-refractivity contribution in [3.63, 3.8) is 0 Å². The summed E-state index contributed by atoms with van der Waals surface area (Å²) in [6.45, 7) is 2.58. The topological polar surface area (TPSA) is 75.2 Å². The number of hydrogen-bond donors (Lipinski definition) is 1. The number of rotatable bonds is 4. The standard InChI is InChI=1S/C20H20N4O2/c1-20(10-9-15-11-16(21)5-8-19(15)26-20)13-24-12-18(22-23-24)14-3-6-17(25-2)7-4-14/h3-12H,13,21H2,1-2H3. The normalized spacial score (nSPS) is 18.2. The third-order valence-corrected chi connectivity index (χ3v) is 4.39. The lowest BCUT2D eigenvalue weighted by atomic mass is 10.00. The summed E-state index contributed by atoms with van der Waals surface area (Å²) in [7, 11) is 1.65. The molecular formula is C20H20N4O2. The zero-order valence-corrected chi connectivity index (χ0v) is 14.7. The molecule has 0 spiro atoms. The van der Waals surface area contributed by atoms with Crippen molar-refractivity contribution in [1.82, 2.24) is 15.0 Å². The van der Waals surface area contributed by atoms with Crippen LogP contribution < -0.4 is 15.2 Å². The van der Waals surface area contributed by atoms with Gasteiger partial charge in [0.25, 0.3) is 0 Å². The van der Waals surface area contributed by atoms with Gasteiger partial charge >= 0.3 is 0 Å². The van der Waals surface area contributed by atoms with Crippen LogP contribution in [-0.4, -0.2) is 27.7 Å². The number of aromatic nitrogens is 3. The Morgan fingerprint density at radius 2 is 2.00 bits per heavy atom. The number of nitrogens with zero attached hydrogens (tertiary/aromatic N) is 3. The number of hydrogen-bond acceptors (Lipinski definition) is 5. The van der Waals surface area contributed by atoms with Gasteiger partial charge in [-0.2, -0.15) is 0 Å². The number of nitrogen functional groups attached to an aromatic ring is 1. The fourth-order valence-corrected chi connectivity index (χ4v) is 3.02. The first-order valence-electron chi connectivity index (χ1n) is 8.37. The molecule has 0 bridgehead atoms. The molecule has 0 aliphatic carbocycles. The maximum Gasteiger partial charge on any atom is 0.144 e. The van der Waals surface area contributed by atoms with Gasteiger partial charge in [0.1, 0.15) is 22.8 Å². The molecule has 0 saturated heterocycles. The summed E-state index contributed by atoms with van der Waals surface area (Å²) in [6.07, 6.45) is 5.99. The van der Waals surface area contributed by atoms with Crippen molar-refractivity contribution in [3.05, 3.63) is 60.3 Å². The Morgan fingerprint density at radius 1 is 1.19 bits per heavy atom. The minimum atomic E-state index is -0.506. The van der Waals surface area contributed by atoms with Gasteiger partial charge in [0, 0.05) is 16.8 Å². The summed E-state index contributed by atoms with van der Waals surface area (Å²) < 4.78 is 13.2. The van der Waals surface area contributed by atoms with Gasteiger partial charge in [-0.05, 0) is 55.5 Å². The van der Waals surface area contributed by atoms with Gasteiger partial charge in [-0.1, -0.05) is 11.3 Å². The summed E-state index contributed by atoms with van der Waals surface area (Å²) in [4.78, 5) is 0. The van der Waals surface area contributed by atoms with Gasteiger partial charge in [-0.3, -0.25) is 0 Å². The Labute approximate surface area is 151 Å². The molecule has 132 valence electrons. The first kappa shape index (κ1) is 16.2. The van der Waals surface area contributed by atoms with Gasteiger partial charge in [0.15, 0.2) is 0 Å². The van der Waals surface area contributed by atoms with E-state index in [0.717, 1.165) is 34.0 Å². The molecule has 3 aromatic rings. The number of nitrogens with two attached hydrogens (primary N) is 1. The summed E-state index contributed by atoms with van der Waals surface area (Å²) in [6, 6.07) is 13.4. The molecule has 0 radical (unpaired) electrons. The highest BCUT2D eigenvalue weighted by molar-refractivity contribution is 5.65. The van der Waals surface area contributed by atoms with Crippen molar-refractivity contribution in [1.29, 1.82) is 0 Å². The lowest BCUT2D eigenvalue weighted by Gasteiger charge is -2.31. The smallest absolute Gasteiger partial charge is 0.144 e. The summed E-state index contributed by atoms with van der Waals surface area (Å²) in [5, 5.41) is 8.52. The van der Waals surface area contributed by atoms with Gasteiger partial charge in [-0.25, -0.2) is 4.68 Å². The quantitative estimate of drug-likeness (QED) is 0.732. The zero-order valence-electron chi connectivity index (χ0n) is 14.7. The first-order valence-corrected chi connectivity index (χ1v) is 8.37. The predicted molar refractivity (Wildman–Crippen MR) is 101 cm³/mol. The Hall–Kier alpha value is -3.28. The zero-order chi connectivity index (χ0) is 18.1. The summed E-state index contributed by atoms with van der Waals surface area (Å²) in [5.41, 5.74) is 8.83. The van der Waals surface area contributed by atoms with Crippen LogP contribution in [0, 0.1) is 0 Å². The Balaban J connectivity index is 1.53. The van der Waals surface area contributed by atoms with Crippen LogP contribution in [0.1, 0.15) is 12.5 Å². The Bertz CT molecular complexity index is 962. The summed E-state index contributed by atoms with van der Waals surface area (Å²) >= 11 is 0. The molecule has 2 aromatic carbocycles. The van der Waals surface area contributed by atoms with Crippen LogP contribution in [0.15, 0.2) is 54.7 Å². The predicted octanol–water partition coefficient (Wildman–Crippen LogP) is 3.40. The molecule has 4 rings (SSSR count). The molecule has 1 unspecified atom stereocenters. The highest BCUT2D eigenvalue weighted by Crippen LogP contribution is 2.33. The molecule has 0 amide bonds. The van der Waals surface area contributed by atoms with E-state index >= 15 is 0 Å². The van der Waals surface area contributed by atoms with Crippen LogP contribution in [0.3, 0.4) is 0 Å². The van der Waals surface area contributed by atoms with Crippen molar-refractivity contribution in [3.8, 4) is 22.8 Å². The molecule has 26 heavy (non-hydrogen) atoms. The van der Waals surface area contributed by atoms with E-state index in [1.54, 1.807) is 11.8 Å². The number of ether oxygens (including phenoxy) is 2. The van der Waals surface area contributed by atoms with Crippen LogP contribution in [0.5, 0.6) is 11.5 Å². The second kappa shape index (κ2) is 6.22. The van der Waals surface area contributed by atoms with Crippen LogP contribution in [-0.2, 0) is 6.54 Å². The van der Waals surface area contributed by atoms with Crippen LogP contribution in [0.4, 0.5) is 5.69 Å². The number of anilines is 1. The molecule has 1 aliphatic heterocycles. The van der Waals surface area contributed by atoms with Crippen molar-refractivity contribution < 1.29 is 9.47 Å². The van der Waals surface area contributed by atoms with E-state index < -0.39 is 5.60 Å². The average molecular weight is 348 g/mol. The second-order valence-corrected chi connectivity index (χ2v) is 6.58. The molecule has 1 atom stereocenters. The van der Waals surface area contributed by atoms with E-state index in [0.29, 0.717) is 6.54 Å². The van der Waals surface area contributed by atoms with Gasteiger partial charge in [0.2, 0.25) is 0 Å². The SMILES string of the molecule is COc1ccc(-c2cn(CC3(C)C=Cc4cc(N)ccc4O3)nn2)cc1. The fourth-order valence-electron chi connectivity index (χ4n) is 3.02. The Kier molecular flexibility index (Phi) is 3.88. The number of benzene rings is 2. The van der Waals surface area contributed by atoms with Crippen molar-refractivity contribution >= 4 is 11.8 Å². The number of fused-ring (bicyclic) bond motifs is 1. The van der Waals surface area contributed by atoms with E-state index in [4.69, 9.17) is 15.2 Å². The molecule has 0 fully saturated rings. The number of methoxy groups -OCH3 is 1. The van der Waals surface area contributed by atoms with Crippen molar-refractivity contribution in [2.24, 2.45) is 0 Å². The first-order chi connectivity index (χ1) is 12.5. The molecule has 2 heterocycles. The molecule has 0 saturated carbocycles. The largest absolute Gasteiger partial charge is 0.497 e. The lowest BCUT2D eigenvalue weighted by molar-refractivity contribution is 0.112. The third-order valence-electron chi connectivity index (χ3n) is 4.39.